The highest BCUT2D eigenvalue weighted by atomic mass is 32.2. The number of esters is 1. The van der Waals surface area contributed by atoms with E-state index in [0.717, 1.165) is 12.1 Å². The molecule has 2 rings (SSSR count). The summed E-state index contributed by atoms with van der Waals surface area (Å²) in [6.45, 7) is -0.648. The molecule has 0 fully saturated rings. The van der Waals surface area contributed by atoms with E-state index in [1.54, 1.807) is 0 Å². The van der Waals surface area contributed by atoms with Crippen molar-refractivity contribution in [1.82, 2.24) is 4.72 Å². The van der Waals surface area contributed by atoms with E-state index in [4.69, 9.17) is 14.2 Å². The van der Waals surface area contributed by atoms with Gasteiger partial charge in [-0.15, -0.1) is 0 Å². The topological polar surface area (TPSA) is 108 Å². The number of carbonyl (C=O) groups is 2. The quantitative estimate of drug-likeness (QED) is 0.521. The highest BCUT2D eigenvalue weighted by molar-refractivity contribution is 7.89. The third kappa shape index (κ3) is 4.65. The van der Waals surface area contributed by atoms with Gasteiger partial charge in [0.05, 0.1) is 19.8 Å². The molecule has 0 aliphatic rings. The van der Waals surface area contributed by atoms with E-state index in [-0.39, 0.29) is 27.5 Å². The number of sulfonamides is 1. The largest absolute Gasteiger partial charge is 0.495 e. The molecule has 2 aromatic carbocycles. The van der Waals surface area contributed by atoms with Crippen molar-refractivity contribution >= 4 is 21.8 Å². The summed E-state index contributed by atoms with van der Waals surface area (Å²) in [6.07, 6.45) is 0. The first kappa shape index (κ1) is 21.3. The summed E-state index contributed by atoms with van der Waals surface area (Å²) in [5, 5.41) is 0. The van der Waals surface area contributed by atoms with Gasteiger partial charge in [-0.05, 0) is 43.4 Å². The first-order valence-corrected chi connectivity index (χ1v) is 9.37. The molecule has 0 saturated carbocycles. The molecule has 0 aliphatic carbocycles. The van der Waals surface area contributed by atoms with Crippen LogP contribution in [0.15, 0.2) is 41.3 Å². The van der Waals surface area contributed by atoms with Gasteiger partial charge in [-0.25, -0.2) is 22.3 Å². The molecule has 0 radical (unpaired) electrons. The normalized spacial score (nSPS) is 11.0. The van der Waals surface area contributed by atoms with Gasteiger partial charge in [-0.2, -0.15) is 0 Å². The molecule has 150 valence electrons. The summed E-state index contributed by atoms with van der Waals surface area (Å²) in [6, 6.07) is 7.26. The van der Waals surface area contributed by atoms with Crippen LogP contribution in [0, 0.1) is 5.82 Å². The van der Waals surface area contributed by atoms with E-state index in [9.17, 15) is 22.4 Å². The highest BCUT2D eigenvalue weighted by Gasteiger charge is 2.21. The molecule has 0 bridgehead atoms. The van der Waals surface area contributed by atoms with Crippen LogP contribution in [0.3, 0.4) is 0 Å². The number of ether oxygens (including phenoxy) is 3. The smallest absolute Gasteiger partial charge is 0.338 e. The minimum Gasteiger partial charge on any atom is -0.495 e. The van der Waals surface area contributed by atoms with Crippen molar-refractivity contribution in [1.29, 1.82) is 0 Å². The zero-order chi connectivity index (χ0) is 20.9. The molecule has 0 aliphatic heterocycles. The van der Waals surface area contributed by atoms with E-state index in [1.807, 2.05) is 0 Å². The van der Waals surface area contributed by atoms with Gasteiger partial charge in [0, 0.05) is 5.56 Å². The summed E-state index contributed by atoms with van der Waals surface area (Å²) in [4.78, 5) is 24.0. The Balaban J connectivity index is 2.16. The minimum absolute atomic E-state index is 0.000666. The molecule has 0 unspecified atom stereocenters. The van der Waals surface area contributed by atoms with Gasteiger partial charge in [0.1, 0.15) is 10.6 Å². The molecule has 2 aromatic rings. The number of nitrogens with one attached hydrogen (secondary N) is 1. The van der Waals surface area contributed by atoms with Crippen LogP contribution in [0.5, 0.6) is 11.5 Å². The Labute approximate surface area is 161 Å². The monoisotopic (exact) mass is 411 g/mol. The first-order valence-electron chi connectivity index (χ1n) is 7.89. The fourth-order valence-electron chi connectivity index (χ4n) is 2.26. The van der Waals surface area contributed by atoms with Crippen molar-refractivity contribution in [2.75, 3.05) is 27.9 Å². The lowest BCUT2D eigenvalue weighted by molar-refractivity contribution is 0.0474. The fourth-order valence-corrected chi connectivity index (χ4v) is 3.18. The second-order valence-corrected chi connectivity index (χ2v) is 7.28. The number of hydrogen-bond donors (Lipinski definition) is 1. The third-order valence-corrected chi connectivity index (χ3v) is 5.20. The summed E-state index contributed by atoms with van der Waals surface area (Å²) in [5.41, 5.74) is -0.0948. The SMILES string of the molecule is CNS(=O)(=O)c1cc(C(=O)OCC(=O)c2ccc(OC)c(F)c2)ccc1OC. The van der Waals surface area contributed by atoms with Crippen molar-refractivity contribution in [3.05, 3.63) is 53.3 Å². The Hall–Kier alpha value is -2.98. The first-order chi connectivity index (χ1) is 13.2. The molecular weight excluding hydrogens is 393 g/mol. The molecule has 0 amide bonds. The second-order valence-electron chi connectivity index (χ2n) is 5.42. The summed E-state index contributed by atoms with van der Waals surface area (Å²) < 4.78 is 54.6. The predicted molar refractivity (Wildman–Crippen MR) is 96.8 cm³/mol. The van der Waals surface area contributed by atoms with E-state index in [0.29, 0.717) is 0 Å². The summed E-state index contributed by atoms with van der Waals surface area (Å²) >= 11 is 0. The van der Waals surface area contributed by atoms with Gasteiger partial charge in [0.2, 0.25) is 10.0 Å². The molecule has 0 heterocycles. The third-order valence-electron chi connectivity index (χ3n) is 3.77. The van der Waals surface area contributed by atoms with Crippen LogP contribution < -0.4 is 14.2 Å². The molecule has 0 aromatic heterocycles. The van der Waals surface area contributed by atoms with Crippen LogP contribution in [-0.4, -0.2) is 48.0 Å². The van der Waals surface area contributed by atoms with Gasteiger partial charge in [0.25, 0.3) is 0 Å². The van der Waals surface area contributed by atoms with Crippen molar-refractivity contribution in [3.63, 3.8) is 0 Å². The maximum absolute atomic E-state index is 13.7. The number of halogens is 1. The van der Waals surface area contributed by atoms with E-state index in [1.165, 1.54) is 45.5 Å². The number of carbonyl (C=O) groups excluding carboxylic acids is 2. The zero-order valence-corrected chi connectivity index (χ0v) is 16.1. The van der Waals surface area contributed by atoms with Crippen molar-refractivity contribution in [3.8, 4) is 11.5 Å². The van der Waals surface area contributed by atoms with Gasteiger partial charge < -0.3 is 14.2 Å². The molecule has 8 nitrogen and oxygen atoms in total. The number of hydrogen-bond acceptors (Lipinski definition) is 7. The predicted octanol–water partition coefficient (Wildman–Crippen LogP) is 1.79. The van der Waals surface area contributed by atoms with Gasteiger partial charge in [-0.3, -0.25) is 4.79 Å². The molecule has 0 spiro atoms. The molecule has 10 heteroatoms. The van der Waals surface area contributed by atoms with Crippen LogP contribution in [0.4, 0.5) is 4.39 Å². The summed E-state index contributed by atoms with van der Waals surface area (Å²) in [7, 11) is -0.0941. The van der Waals surface area contributed by atoms with Crippen molar-refractivity contribution in [2.24, 2.45) is 0 Å². The molecule has 0 atom stereocenters. The maximum atomic E-state index is 13.7. The van der Waals surface area contributed by atoms with Crippen LogP contribution in [0.2, 0.25) is 0 Å². The van der Waals surface area contributed by atoms with Gasteiger partial charge in [-0.1, -0.05) is 0 Å². The van der Waals surface area contributed by atoms with Crippen LogP contribution in [0.1, 0.15) is 20.7 Å². The Morgan fingerprint density at radius 3 is 2.18 bits per heavy atom. The number of benzene rings is 2. The Morgan fingerprint density at radius 1 is 1.00 bits per heavy atom. The number of ketones is 1. The number of Topliss-reactive ketones (excluding diaryl/α,β-unsaturated/α-hetero) is 1. The average Bonchev–Trinajstić information content (AvgIpc) is 2.71. The lowest BCUT2D eigenvalue weighted by Gasteiger charge is -2.11. The maximum Gasteiger partial charge on any atom is 0.338 e. The number of rotatable bonds is 8. The van der Waals surface area contributed by atoms with Crippen molar-refractivity contribution < 1.29 is 36.6 Å². The summed E-state index contributed by atoms with van der Waals surface area (Å²) in [5.74, 6) is -2.26. The lowest BCUT2D eigenvalue weighted by atomic mass is 10.1. The van der Waals surface area contributed by atoms with Crippen molar-refractivity contribution in [2.45, 2.75) is 4.90 Å². The zero-order valence-electron chi connectivity index (χ0n) is 15.3. The molecular formula is C18H18FNO7S. The minimum atomic E-state index is -3.89. The Kier molecular flexibility index (Phi) is 6.71. The van der Waals surface area contributed by atoms with E-state index < -0.39 is 34.2 Å². The second kappa shape index (κ2) is 8.81. The van der Waals surface area contributed by atoms with E-state index >= 15 is 0 Å². The average molecular weight is 411 g/mol. The molecule has 0 saturated heterocycles. The molecule has 1 N–H and O–H groups in total. The number of methoxy groups -OCH3 is 2. The van der Waals surface area contributed by atoms with Crippen LogP contribution in [-0.2, 0) is 14.8 Å². The molecule has 28 heavy (non-hydrogen) atoms. The highest BCUT2D eigenvalue weighted by Crippen LogP contribution is 2.25. The van der Waals surface area contributed by atoms with E-state index in [2.05, 4.69) is 4.72 Å². The van der Waals surface area contributed by atoms with Crippen LogP contribution in [0.25, 0.3) is 0 Å². The standard InChI is InChI=1S/C18H18FNO7S/c1-20-28(23,24)17-9-12(5-7-16(17)26-3)18(22)27-10-14(21)11-4-6-15(25-2)13(19)8-11/h4-9,20H,10H2,1-3H3. The van der Waals surface area contributed by atoms with Gasteiger partial charge in [0.15, 0.2) is 24.0 Å². The van der Waals surface area contributed by atoms with Crippen LogP contribution >= 0.6 is 0 Å². The van der Waals surface area contributed by atoms with Gasteiger partial charge >= 0.3 is 5.97 Å². The Bertz CT molecular complexity index is 1000. The fraction of sp³-hybridized carbons (Fsp3) is 0.222. The lowest BCUT2D eigenvalue weighted by Crippen LogP contribution is -2.20. The Morgan fingerprint density at radius 2 is 1.61 bits per heavy atom.